The standard InChI is InChI=1S/C26H30N4O3/c1-3-19-7-9-21(10-8-19)25(31)29(2)18-15-23-27-24(33-28-23)20-11-13-22(14-12-20)26(32)30-16-5-4-6-17-30/h7-14H,3-6,15-18H2,1-2H3. The van der Waals surface area contributed by atoms with Crippen molar-refractivity contribution in [2.24, 2.45) is 0 Å². The Kier molecular flexibility index (Phi) is 7.17. The molecule has 0 radical (unpaired) electrons. The second-order valence-corrected chi connectivity index (χ2v) is 8.47. The Bertz CT molecular complexity index is 1080. The first-order valence-corrected chi connectivity index (χ1v) is 11.6. The second kappa shape index (κ2) is 10.4. The molecule has 2 aromatic carbocycles. The van der Waals surface area contributed by atoms with E-state index >= 15 is 0 Å². The Morgan fingerprint density at radius 2 is 1.64 bits per heavy atom. The number of carbonyl (C=O) groups is 2. The third-order valence-electron chi connectivity index (χ3n) is 6.12. The maximum absolute atomic E-state index is 12.6. The number of aryl methyl sites for hydroxylation is 1. The maximum atomic E-state index is 12.6. The van der Waals surface area contributed by atoms with E-state index in [2.05, 4.69) is 17.1 Å². The van der Waals surface area contributed by atoms with Crippen LogP contribution < -0.4 is 0 Å². The van der Waals surface area contributed by atoms with Crippen molar-refractivity contribution < 1.29 is 14.1 Å². The Morgan fingerprint density at radius 3 is 2.30 bits per heavy atom. The van der Waals surface area contributed by atoms with E-state index in [1.54, 1.807) is 11.9 Å². The summed E-state index contributed by atoms with van der Waals surface area (Å²) < 4.78 is 5.41. The highest BCUT2D eigenvalue weighted by atomic mass is 16.5. The molecule has 1 aromatic heterocycles. The van der Waals surface area contributed by atoms with E-state index in [4.69, 9.17) is 4.52 Å². The molecule has 2 heterocycles. The number of hydrogen-bond donors (Lipinski definition) is 0. The molecule has 33 heavy (non-hydrogen) atoms. The molecule has 0 spiro atoms. The lowest BCUT2D eigenvalue weighted by Gasteiger charge is -2.26. The molecule has 4 rings (SSSR count). The molecule has 0 N–H and O–H groups in total. The quantitative estimate of drug-likeness (QED) is 0.542. The Hall–Kier alpha value is -3.48. The topological polar surface area (TPSA) is 79.5 Å². The van der Waals surface area contributed by atoms with Gasteiger partial charge in [-0.1, -0.05) is 24.2 Å². The highest BCUT2D eigenvalue weighted by Gasteiger charge is 2.19. The fourth-order valence-corrected chi connectivity index (χ4v) is 3.98. The SMILES string of the molecule is CCc1ccc(C(=O)N(C)CCc2noc(-c3ccc(C(=O)N4CCCCC4)cc3)n2)cc1. The summed E-state index contributed by atoms with van der Waals surface area (Å²) in [5.41, 5.74) is 3.32. The van der Waals surface area contributed by atoms with Crippen LogP contribution in [0.5, 0.6) is 0 Å². The summed E-state index contributed by atoms with van der Waals surface area (Å²) in [5, 5.41) is 4.05. The van der Waals surface area contributed by atoms with Crippen LogP contribution in [-0.4, -0.2) is 58.4 Å². The summed E-state index contributed by atoms with van der Waals surface area (Å²) in [6, 6.07) is 15.0. The monoisotopic (exact) mass is 446 g/mol. The van der Waals surface area contributed by atoms with Crippen LogP contribution in [0, 0.1) is 0 Å². The number of benzene rings is 2. The van der Waals surface area contributed by atoms with Gasteiger partial charge < -0.3 is 14.3 Å². The lowest BCUT2D eigenvalue weighted by atomic mass is 10.1. The molecule has 1 aliphatic rings. The molecular weight excluding hydrogens is 416 g/mol. The molecule has 1 saturated heterocycles. The molecule has 172 valence electrons. The van der Waals surface area contributed by atoms with Crippen molar-refractivity contribution in [1.82, 2.24) is 19.9 Å². The lowest BCUT2D eigenvalue weighted by Crippen LogP contribution is -2.35. The van der Waals surface area contributed by atoms with E-state index in [1.165, 1.54) is 12.0 Å². The predicted molar refractivity (Wildman–Crippen MR) is 126 cm³/mol. The number of likely N-dealkylation sites (N-methyl/N-ethyl adjacent to an activating group) is 1. The van der Waals surface area contributed by atoms with Crippen LogP contribution >= 0.6 is 0 Å². The van der Waals surface area contributed by atoms with Gasteiger partial charge >= 0.3 is 0 Å². The number of likely N-dealkylation sites (tertiary alicyclic amines) is 1. The molecular formula is C26H30N4O3. The zero-order valence-electron chi connectivity index (χ0n) is 19.3. The third-order valence-corrected chi connectivity index (χ3v) is 6.12. The van der Waals surface area contributed by atoms with Gasteiger partial charge in [0.2, 0.25) is 0 Å². The summed E-state index contributed by atoms with van der Waals surface area (Å²) in [6.45, 7) is 4.23. The van der Waals surface area contributed by atoms with Crippen molar-refractivity contribution in [3.05, 3.63) is 71.0 Å². The third kappa shape index (κ3) is 5.48. The average molecular weight is 447 g/mol. The number of amides is 2. The van der Waals surface area contributed by atoms with Gasteiger partial charge in [-0.15, -0.1) is 0 Å². The van der Waals surface area contributed by atoms with Crippen molar-refractivity contribution >= 4 is 11.8 Å². The van der Waals surface area contributed by atoms with Crippen LogP contribution in [0.4, 0.5) is 0 Å². The summed E-state index contributed by atoms with van der Waals surface area (Å²) in [6.07, 6.45) is 4.77. The van der Waals surface area contributed by atoms with E-state index in [0.29, 0.717) is 35.8 Å². The zero-order chi connectivity index (χ0) is 23.2. The van der Waals surface area contributed by atoms with Gasteiger partial charge in [0, 0.05) is 49.8 Å². The number of rotatable bonds is 7. The second-order valence-electron chi connectivity index (χ2n) is 8.47. The molecule has 3 aromatic rings. The van der Waals surface area contributed by atoms with E-state index < -0.39 is 0 Å². The first kappa shape index (κ1) is 22.7. The minimum absolute atomic E-state index is 0.0321. The van der Waals surface area contributed by atoms with Gasteiger partial charge in [0.25, 0.3) is 17.7 Å². The molecule has 7 heteroatoms. The largest absolute Gasteiger partial charge is 0.341 e. The highest BCUT2D eigenvalue weighted by Crippen LogP contribution is 2.20. The zero-order valence-corrected chi connectivity index (χ0v) is 19.3. The number of carbonyl (C=O) groups excluding carboxylic acids is 2. The molecule has 0 bridgehead atoms. The molecule has 0 aliphatic carbocycles. The minimum Gasteiger partial charge on any atom is -0.341 e. The maximum Gasteiger partial charge on any atom is 0.257 e. The first-order valence-electron chi connectivity index (χ1n) is 11.6. The van der Waals surface area contributed by atoms with Gasteiger partial charge in [-0.05, 0) is 67.6 Å². The number of aromatic nitrogens is 2. The van der Waals surface area contributed by atoms with Crippen molar-refractivity contribution in [2.45, 2.75) is 39.0 Å². The molecule has 0 unspecified atom stereocenters. The summed E-state index contributed by atoms with van der Waals surface area (Å²) >= 11 is 0. The van der Waals surface area contributed by atoms with Crippen LogP contribution in [0.2, 0.25) is 0 Å². The van der Waals surface area contributed by atoms with Crippen molar-refractivity contribution in [3.8, 4) is 11.5 Å². The summed E-state index contributed by atoms with van der Waals surface area (Å²) in [4.78, 5) is 33.3. The van der Waals surface area contributed by atoms with Crippen molar-refractivity contribution in [3.63, 3.8) is 0 Å². The fourth-order valence-electron chi connectivity index (χ4n) is 3.98. The van der Waals surface area contributed by atoms with Gasteiger partial charge in [-0.3, -0.25) is 9.59 Å². The first-order chi connectivity index (χ1) is 16.0. The summed E-state index contributed by atoms with van der Waals surface area (Å²) in [5.74, 6) is 0.991. The van der Waals surface area contributed by atoms with Gasteiger partial charge in [-0.2, -0.15) is 4.98 Å². The van der Waals surface area contributed by atoms with E-state index in [-0.39, 0.29) is 11.8 Å². The molecule has 0 saturated carbocycles. The average Bonchev–Trinajstić information content (AvgIpc) is 3.36. The number of hydrogen-bond acceptors (Lipinski definition) is 5. The van der Waals surface area contributed by atoms with Gasteiger partial charge in [-0.25, -0.2) is 0 Å². The Balaban J connectivity index is 1.33. The van der Waals surface area contributed by atoms with Crippen LogP contribution in [0.1, 0.15) is 58.3 Å². The lowest BCUT2D eigenvalue weighted by molar-refractivity contribution is 0.0723. The van der Waals surface area contributed by atoms with Crippen LogP contribution in [0.3, 0.4) is 0 Å². The minimum atomic E-state index is -0.0321. The van der Waals surface area contributed by atoms with Crippen LogP contribution in [-0.2, 0) is 12.8 Å². The molecule has 0 atom stereocenters. The van der Waals surface area contributed by atoms with Gasteiger partial charge in [0.05, 0.1) is 0 Å². The predicted octanol–water partition coefficient (Wildman–Crippen LogP) is 4.24. The fraction of sp³-hybridized carbons (Fsp3) is 0.385. The molecule has 2 amide bonds. The molecule has 1 aliphatic heterocycles. The van der Waals surface area contributed by atoms with Crippen LogP contribution in [0.25, 0.3) is 11.5 Å². The van der Waals surface area contributed by atoms with Crippen LogP contribution in [0.15, 0.2) is 53.1 Å². The molecule has 1 fully saturated rings. The van der Waals surface area contributed by atoms with Gasteiger partial charge in [0.1, 0.15) is 0 Å². The van der Waals surface area contributed by atoms with E-state index in [0.717, 1.165) is 37.9 Å². The van der Waals surface area contributed by atoms with Crippen molar-refractivity contribution in [2.75, 3.05) is 26.7 Å². The van der Waals surface area contributed by atoms with E-state index in [9.17, 15) is 9.59 Å². The van der Waals surface area contributed by atoms with Crippen molar-refractivity contribution in [1.29, 1.82) is 0 Å². The van der Waals surface area contributed by atoms with Gasteiger partial charge in [0.15, 0.2) is 5.82 Å². The number of piperidine rings is 1. The summed E-state index contributed by atoms with van der Waals surface area (Å²) in [7, 11) is 1.77. The Labute approximate surface area is 194 Å². The normalized spacial score (nSPS) is 13.7. The molecule has 7 nitrogen and oxygen atoms in total. The Morgan fingerprint density at radius 1 is 0.970 bits per heavy atom. The highest BCUT2D eigenvalue weighted by molar-refractivity contribution is 5.95. The smallest absolute Gasteiger partial charge is 0.257 e. The number of nitrogens with zero attached hydrogens (tertiary/aromatic N) is 4. The van der Waals surface area contributed by atoms with E-state index in [1.807, 2.05) is 53.4 Å².